The van der Waals surface area contributed by atoms with E-state index in [1.54, 1.807) is 0 Å². The van der Waals surface area contributed by atoms with E-state index in [9.17, 15) is 0 Å². The Morgan fingerprint density at radius 1 is 1.33 bits per heavy atom. The maximum Gasteiger partial charge on any atom is 0.0484 e. The van der Waals surface area contributed by atoms with Gasteiger partial charge in [0, 0.05) is 40.8 Å². The van der Waals surface area contributed by atoms with Crippen LogP contribution in [-0.2, 0) is 23.7 Å². The predicted molar refractivity (Wildman–Crippen MR) is 77.4 cm³/mol. The van der Waals surface area contributed by atoms with Crippen LogP contribution in [0.1, 0.15) is 5.56 Å². The number of benzene rings is 1. The summed E-state index contributed by atoms with van der Waals surface area (Å²) in [6.07, 6.45) is 3.27. The zero-order chi connectivity index (χ0) is 12.7. The van der Waals surface area contributed by atoms with Crippen molar-refractivity contribution in [3.05, 3.63) is 30.0 Å². The van der Waals surface area contributed by atoms with Gasteiger partial charge in [0.05, 0.1) is 0 Å². The molecule has 18 heavy (non-hydrogen) atoms. The highest BCUT2D eigenvalue weighted by Gasteiger charge is 2.18. The molecule has 0 saturated heterocycles. The van der Waals surface area contributed by atoms with Crippen LogP contribution in [0.15, 0.2) is 29.3 Å². The third-order valence-corrected chi connectivity index (χ3v) is 5.16. The molecule has 0 amide bonds. The fraction of sp³-hybridized carbons (Fsp3) is 0.429. The van der Waals surface area contributed by atoms with Gasteiger partial charge in [-0.15, -0.1) is 0 Å². The molecule has 1 atom stereocenters. The van der Waals surface area contributed by atoms with Gasteiger partial charge in [0.2, 0.25) is 0 Å². The molecule has 1 aromatic carbocycles. The van der Waals surface area contributed by atoms with Crippen molar-refractivity contribution in [1.29, 1.82) is 4.78 Å². The maximum absolute atomic E-state index is 8.05. The molecule has 1 unspecified atom stereocenters. The standard InChI is InChI=1S/C14H19N3S/c1-16(2)8-9-17-7-5-11-12-6-10-18(15)14(12)4-3-13(11)17/h3-5,7,15H,6,8-10H2,1-2H3. The van der Waals surface area contributed by atoms with E-state index >= 15 is 0 Å². The molecular formula is C14H19N3S. The first-order chi connectivity index (χ1) is 8.66. The van der Waals surface area contributed by atoms with Crippen molar-refractivity contribution in [2.24, 2.45) is 0 Å². The van der Waals surface area contributed by atoms with Crippen LogP contribution in [0.2, 0.25) is 0 Å². The van der Waals surface area contributed by atoms with Gasteiger partial charge in [0.15, 0.2) is 0 Å². The lowest BCUT2D eigenvalue weighted by Gasteiger charge is -2.11. The smallest absolute Gasteiger partial charge is 0.0484 e. The van der Waals surface area contributed by atoms with Crippen LogP contribution in [-0.4, -0.2) is 35.9 Å². The quantitative estimate of drug-likeness (QED) is 0.904. The van der Waals surface area contributed by atoms with Gasteiger partial charge in [-0.05, 0) is 44.3 Å². The van der Waals surface area contributed by atoms with E-state index in [1.807, 2.05) is 0 Å². The first kappa shape index (κ1) is 11.9. The fourth-order valence-electron chi connectivity index (χ4n) is 2.62. The van der Waals surface area contributed by atoms with Gasteiger partial charge in [-0.3, -0.25) is 4.78 Å². The number of hydrogen-bond donors (Lipinski definition) is 1. The molecule has 0 bridgehead atoms. The van der Waals surface area contributed by atoms with Crippen LogP contribution in [0.5, 0.6) is 0 Å². The molecule has 3 nitrogen and oxygen atoms in total. The van der Waals surface area contributed by atoms with Gasteiger partial charge < -0.3 is 9.47 Å². The van der Waals surface area contributed by atoms with Crippen molar-refractivity contribution in [2.75, 3.05) is 26.4 Å². The Morgan fingerprint density at radius 3 is 2.94 bits per heavy atom. The van der Waals surface area contributed by atoms with E-state index in [1.165, 1.54) is 21.4 Å². The molecular weight excluding hydrogens is 242 g/mol. The number of aryl methyl sites for hydroxylation is 1. The molecule has 3 rings (SSSR count). The number of likely N-dealkylation sites (N-methyl/N-ethyl adjacent to an activating group) is 1. The van der Waals surface area contributed by atoms with E-state index in [2.05, 4.69) is 48.0 Å². The summed E-state index contributed by atoms with van der Waals surface area (Å²) in [4.78, 5) is 3.48. The van der Waals surface area contributed by atoms with Crippen LogP contribution in [0.3, 0.4) is 0 Å². The summed E-state index contributed by atoms with van der Waals surface area (Å²) in [5.41, 5.74) is 2.75. The lowest BCUT2D eigenvalue weighted by Crippen LogP contribution is -2.17. The summed E-state index contributed by atoms with van der Waals surface area (Å²) in [6, 6.07) is 6.60. The third-order valence-electron chi connectivity index (χ3n) is 3.63. The van der Waals surface area contributed by atoms with Crippen molar-refractivity contribution < 1.29 is 0 Å². The molecule has 1 N–H and O–H groups in total. The van der Waals surface area contributed by atoms with Crippen molar-refractivity contribution in [2.45, 2.75) is 17.9 Å². The highest BCUT2D eigenvalue weighted by atomic mass is 32.2. The van der Waals surface area contributed by atoms with Crippen molar-refractivity contribution >= 4 is 21.6 Å². The molecule has 1 aliphatic heterocycles. The second-order valence-electron chi connectivity index (χ2n) is 5.13. The normalized spacial score (nSPS) is 18.7. The molecule has 4 heteroatoms. The maximum atomic E-state index is 8.05. The van der Waals surface area contributed by atoms with Gasteiger partial charge in [-0.2, -0.15) is 0 Å². The second-order valence-corrected chi connectivity index (χ2v) is 6.76. The Balaban J connectivity index is 2.03. The molecule has 96 valence electrons. The molecule has 2 aromatic rings. The van der Waals surface area contributed by atoms with Gasteiger partial charge in [0.1, 0.15) is 0 Å². The van der Waals surface area contributed by atoms with Gasteiger partial charge in [0.25, 0.3) is 0 Å². The minimum Gasteiger partial charge on any atom is -0.346 e. The van der Waals surface area contributed by atoms with Gasteiger partial charge in [-0.25, -0.2) is 0 Å². The van der Waals surface area contributed by atoms with Gasteiger partial charge in [-0.1, -0.05) is 10.7 Å². The summed E-state index contributed by atoms with van der Waals surface area (Å²) in [5.74, 6) is 1.01. The van der Waals surface area contributed by atoms with E-state index in [0.29, 0.717) is 0 Å². The lowest BCUT2D eigenvalue weighted by molar-refractivity contribution is 0.387. The Bertz CT molecular complexity index is 613. The lowest BCUT2D eigenvalue weighted by atomic mass is 10.1. The van der Waals surface area contributed by atoms with Crippen LogP contribution in [0, 0.1) is 4.78 Å². The van der Waals surface area contributed by atoms with E-state index in [-0.39, 0.29) is 10.7 Å². The topological polar surface area (TPSA) is 32.0 Å². The SMILES string of the molecule is CN(C)CCn1ccc2c3c(ccc21)S(=N)CC3. The number of aromatic nitrogens is 1. The Morgan fingerprint density at radius 2 is 2.17 bits per heavy atom. The van der Waals surface area contributed by atoms with Crippen LogP contribution >= 0.6 is 0 Å². The zero-order valence-corrected chi connectivity index (χ0v) is 11.8. The minimum absolute atomic E-state index is 0.273. The monoisotopic (exact) mass is 261 g/mol. The largest absolute Gasteiger partial charge is 0.346 e. The molecule has 0 aliphatic carbocycles. The average molecular weight is 261 g/mol. The summed E-state index contributed by atoms with van der Waals surface area (Å²) in [6.45, 7) is 2.09. The number of hydrogen-bond acceptors (Lipinski definition) is 2. The van der Waals surface area contributed by atoms with Crippen molar-refractivity contribution in [1.82, 2.24) is 9.47 Å². The number of fused-ring (bicyclic) bond motifs is 3. The molecule has 1 aliphatic rings. The molecule has 0 radical (unpaired) electrons. The van der Waals surface area contributed by atoms with Crippen molar-refractivity contribution in [3.63, 3.8) is 0 Å². The van der Waals surface area contributed by atoms with Crippen LogP contribution < -0.4 is 0 Å². The van der Waals surface area contributed by atoms with E-state index < -0.39 is 0 Å². The molecule has 1 aromatic heterocycles. The molecule has 0 fully saturated rings. The molecule has 0 spiro atoms. The molecule has 2 heterocycles. The number of rotatable bonds is 3. The highest BCUT2D eigenvalue weighted by Crippen LogP contribution is 2.31. The number of nitrogens with zero attached hydrogens (tertiary/aromatic N) is 2. The summed E-state index contributed by atoms with van der Waals surface area (Å²) < 4.78 is 10.4. The van der Waals surface area contributed by atoms with E-state index in [0.717, 1.165) is 25.3 Å². The average Bonchev–Trinajstić information content (AvgIpc) is 2.90. The Hall–Kier alpha value is -1.13. The summed E-state index contributed by atoms with van der Waals surface area (Å²) in [5, 5.41) is 1.37. The first-order valence-corrected chi connectivity index (χ1v) is 7.74. The fourth-order valence-corrected chi connectivity index (χ4v) is 3.99. The second kappa shape index (κ2) is 4.52. The van der Waals surface area contributed by atoms with Crippen LogP contribution in [0.4, 0.5) is 0 Å². The first-order valence-electron chi connectivity index (χ1n) is 6.34. The summed E-state index contributed by atoms with van der Waals surface area (Å²) >= 11 is 0. The van der Waals surface area contributed by atoms with Crippen molar-refractivity contribution in [3.8, 4) is 0 Å². The minimum atomic E-state index is -0.273. The zero-order valence-electron chi connectivity index (χ0n) is 10.9. The third kappa shape index (κ3) is 1.89. The highest BCUT2D eigenvalue weighted by molar-refractivity contribution is 7.86. The predicted octanol–water partition coefficient (Wildman–Crippen LogP) is 2.50. The summed E-state index contributed by atoms with van der Waals surface area (Å²) in [7, 11) is 3.94. The van der Waals surface area contributed by atoms with Crippen LogP contribution in [0.25, 0.3) is 10.9 Å². The Kier molecular flexibility index (Phi) is 2.99. The number of nitrogens with one attached hydrogen (secondary N) is 1. The molecule has 0 saturated carbocycles. The van der Waals surface area contributed by atoms with E-state index in [4.69, 9.17) is 4.78 Å². The Labute approximate surface area is 110 Å². The van der Waals surface area contributed by atoms with Gasteiger partial charge >= 0.3 is 0 Å².